The van der Waals surface area contributed by atoms with Crippen LogP contribution in [-0.2, 0) is 9.22 Å². The van der Waals surface area contributed by atoms with Gasteiger partial charge in [-0.1, -0.05) is 6.58 Å². The molecule has 0 fully saturated rings. The van der Waals surface area contributed by atoms with Crippen molar-refractivity contribution in [2.45, 2.75) is 25.8 Å². The van der Waals surface area contributed by atoms with Gasteiger partial charge in [-0.05, 0) is 25.0 Å². The molecule has 0 saturated carbocycles. The molecule has 0 saturated heterocycles. The third-order valence-corrected chi connectivity index (χ3v) is 2.15. The molecule has 2 nitrogen and oxygen atoms in total. The van der Waals surface area contributed by atoms with Crippen LogP contribution in [0.25, 0.3) is 0 Å². The fourth-order valence-electron chi connectivity index (χ4n) is 0.637. The van der Waals surface area contributed by atoms with Crippen LogP contribution in [-0.4, -0.2) is 22.7 Å². The zero-order valence-corrected chi connectivity index (χ0v) is 8.14. The van der Waals surface area contributed by atoms with Gasteiger partial charge in [-0.25, -0.2) is 0 Å². The summed E-state index contributed by atoms with van der Waals surface area (Å²) in [5.74, 6) is 0.172. The van der Waals surface area contributed by atoms with Crippen LogP contribution in [0.2, 0.25) is 6.04 Å². The summed E-state index contributed by atoms with van der Waals surface area (Å²) >= 11 is 0. The largest absolute Gasteiger partial charge is 0.421 e. The molecule has 0 aliphatic rings. The molecule has 0 bridgehead atoms. The van der Waals surface area contributed by atoms with E-state index in [2.05, 4.69) is 6.58 Å². The Hall–Kier alpha value is -0.413. The fraction of sp³-hybridized carbons (Fsp3) is 0.625. The van der Waals surface area contributed by atoms with E-state index in [1.54, 1.807) is 14.0 Å². The summed E-state index contributed by atoms with van der Waals surface area (Å²) in [6.45, 7) is 5.33. The molecule has 0 aromatic rings. The quantitative estimate of drug-likeness (QED) is 0.344. The average Bonchev–Trinajstić information content (AvgIpc) is 1.97. The van der Waals surface area contributed by atoms with Gasteiger partial charge in [0.1, 0.15) is 0 Å². The predicted octanol–water partition coefficient (Wildman–Crippen LogP) is 1.60. The number of ketones is 1. The standard InChI is InChI=1S/C8H14O2Si/c1-7(2)8(9)5-4-6-11-10-3/h1,4-6H2,2-3H3. The molecule has 0 atom stereocenters. The minimum absolute atomic E-state index is 0.172. The number of Topliss-reactive ketones (excluding diaryl/α,β-unsaturated/α-hetero) is 1. The lowest BCUT2D eigenvalue weighted by Gasteiger charge is -1.97. The minimum atomic E-state index is 0.172. The molecule has 0 amide bonds. The van der Waals surface area contributed by atoms with E-state index in [1.807, 2.05) is 0 Å². The van der Waals surface area contributed by atoms with Crippen molar-refractivity contribution in [3.63, 3.8) is 0 Å². The highest BCUT2D eigenvalue weighted by atomic mass is 28.2. The first-order valence-electron chi connectivity index (χ1n) is 3.63. The van der Waals surface area contributed by atoms with Crippen LogP contribution < -0.4 is 0 Å². The topological polar surface area (TPSA) is 26.3 Å². The molecule has 0 aromatic carbocycles. The van der Waals surface area contributed by atoms with Crippen LogP contribution in [0.5, 0.6) is 0 Å². The van der Waals surface area contributed by atoms with E-state index in [9.17, 15) is 4.79 Å². The molecule has 0 aliphatic carbocycles. The maximum Gasteiger partial charge on any atom is 0.229 e. The summed E-state index contributed by atoms with van der Waals surface area (Å²) in [4.78, 5) is 11.0. The third-order valence-electron chi connectivity index (χ3n) is 1.30. The van der Waals surface area contributed by atoms with Crippen molar-refractivity contribution in [2.75, 3.05) is 7.11 Å². The fourth-order valence-corrected chi connectivity index (χ4v) is 1.16. The second-order valence-corrected chi connectivity index (χ2v) is 3.60. The van der Waals surface area contributed by atoms with E-state index in [0.29, 0.717) is 21.8 Å². The molecule has 0 unspecified atom stereocenters. The Morgan fingerprint density at radius 2 is 2.27 bits per heavy atom. The first-order chi connectivity index (χ1) is 5.18. The molecule has 0 rings (SSSR count). The summed E-state index contributed by atoms with van der Waals surface area (Å²) < 4.78 is 4.88. The van der Waals surface area contributed by atoms with Crippen molar-refractivity contribution in [1.29, 1.82) is 0 Å². The van der Waals surface area contributed by atoms with Crippen LogP contribution in [0.4, 0.5) is 0 Å². The van der Waals surface area contributed by atoms with Crippen LogP contribution in [0.1, 0.15) is 19.8 Å². The average molecular weight is 170 g/mol. The van der Waals surface area contributed by atoms with Gasteiger partial charge in [0, 0.05) is 13.5 Å². The second-order valence-electron chi connectivity index (χ2n) is 2.41. The van der Waals surface area contributed by atoms with Gasteiger partial charge in [-0.2, -0.15) is 0 Å². The van der Waals surface area contributed by atoms with Gasteiger partial charge in [0.05, 0.1) is 0 Å². The Morgan fingerprint density at radius 3 is 2.73 bits per heavy atom. The van der Waals surface area contributed by atoms with Gasteiger partial charge in [-0.15, -0.1) is 0 Å². The lowest BCUT2D eigenvalue weighted by atomic mass is 10.1. The van der Waals surface area contributed by atoms with Gasteiger partial charge in [-0.3, -0.25) is 4.79 Å². The molecule has 0 heterocycles. The Bertz CT molecular complexity index is 143. The summed E-state index contributed by atoms with van der Waals surface area (Å²) in [7, 11) is 2.21. The van der Waals surface area contributed by atoms with Crippen molar-refractivity contribution in [2.24, 2.45) is 0 Å². The number of carbonyl (C=O) groups is 1. The first-order valence-corrected chi connectivity index (χ1v) is 4.74. The zero-order chi connectivity index (χ0) is 8.69. The Morgan fingerprint density at radius 1 is 1.64 bits per heavy atom. The SMILES string of the molecule is C=C(C)C(=O)CCC[Si]OC. The monoisotopic (exact) mass is 170 g/mol. The molecule has 62 valence electrons. The molecule has 2 radical (unpaired) electrons. The van der Waals surface area contributed by atoms with Gasteiger partial charge in [0.2, 0.25) is 9.76 Å². The van der Waals surface area contributed by atoms with Crippen molar-refractivity contribution >= 4 is 15.5 Å². The highest BCUT2D eigenvalue weighted by Crippen LogP contribution is 2.01. The van der Waals surface area contributed by atoms with Crippen molar-refractivity contribution in [3.8, 4) is 0 Å². The molecular weight excluding hydrogens is 156 g/mol. The molecule has 0 aliphatic heterocycles. The maximum atomic E-state index is 11.0. The summed E-state index contributed by atoms with van der Waals surface area (Å²) in [5, 5.41) is 0. The van der Waals surface area contributed by atoms with Gasteiger partial charge in [0.15, 0.2) is 5.78 Å². The molecular formula is C8H14O2Si. The zero-order valence-electron chi connectivity index (χ0n) is 7.14. The van der Waals surface area contributed by atoms with E-state index in [4.69, 9.17) is 4.43 Å². The van der Waals surface area contributed by atoms with E-state index >= 15 is 0 Å². The lowest BCUT2D eigenvalue weighted by Crippen LogP contribution is -2.00. The minimum Gasteiger partial charge on any atom is -0.421 e. The third kappa shape index (κ3) is 6.00. The van der Waals surface area contributed by atoms with E-state index in [-0.39, 0.29) is 5.78 Å². The highest BCUT2D eigenvalue weighted by molar-refractivity contribution is 6.26. The summed E-state index contributed by atoms with van der Waals surface area (Å²) in [5.41, 5.74) is 0.658. The van der Waals surface area contributed by atoms with Crippen molar-refractivity contribution < 1.29 is 9.22 Å². The van der Waals surface area contributed by atoms with Crippen LogP contribution >= 0.6 is 0 Å². The first kappa shape index (κ1) is 10.6. The van der Waals surface area contributed by atoms with E-state index in [0.717, 1.165) is 12.5 Å². The Kier molecular flexibility index (Phi) is 6.07. The lowest BCUT2D eigenvalue weighted by molar-refractivity contribution is -0.115. The van der Waals surface area contributed by atoms with E-state index in [1.165, 1.54) is 0 Å². The van der Waals surface area contributed by atoms with Crippen LogP contribution in [0, 0.1) is 0 Å². The number of hydrogen-bond donors (Lipinski definition) is 0. The van der Waals surface area contributed by atoms with Gasteiger partial charge in [0.25, 0.3) is 0 Å². The van der Waals surface area contributed by atoms with Gasteiger partial charge >= 0.3 is 0 Å². The van der Waals surface area contributed by atoms with Gasteiger partial charge < -0.3 is 4.43 Å². The summed E-state index contributed by atoms with van der Waals surface area (Å²) in [6, 6.07) is 0.982. The smallest absolute Gasteiger partial charge is 0.229 e. The van der Waals surface area contributed by atoms with Crippen LogP contribution in [0.3, 0.4) is 0 Å². The summed E-state index contributed by atoms with van der Waals surface area (Å²) in [6.07, 6.45) is 1.53. The Labute approximate surface area is 70.6 Å². The van der Waals surface area contributed by atoms with Crippen molar-refractivity contribution in [1.82, 2.24) is 0 Å². The molecule has 11 heavy (non-hydrogen) atoms. The molecule has 0 spiro atoms. The van der Waals surface area contributed by atoms with Crippen LogP contribution in [0.15, 0.2) is 12.2 Å². The molecule has 0 N–H and O–H groups in total. The predicted molar refractivity (Wildman–Crippen MR) is 46.6 cm³/mol. The number of carbonyl (C=O) groups excluding carboxylic acids is 1. The Balaban J connectivity index is 3.25. The molecule has 3 heteroatoms. The number of rotatable bonds is 6. The molecule has 0 aromatic heterocycles. The maximum absolute atomic E-state index is 11.0. The highest BCUT2D eigenvalue weighted by Gasteiger charge is 2.01. The number of hydrogen-bond acceptors (Lipinski definition) is 2. The number of allylic oxidation sites excluding steroid dienone is 1. The normalized spacial score (nSPS) is 9.64. The second kappa shape index (κ2) is 6.31. The van der Waals surface area contributed by atoms with Crippen molar-refractivity contribution in [3.05, 3.63) is 12.2 Å². The van der Waals surface area contributed by atoms with E-state index < -0.39 is 0 Å².